The van der Waals surface area contributed by atoms with Gasteiger partial charge >= 0.3 is 0 Å². The first-order valence-corrected chi connectivity index (χ1v) is 12.3. The number of benzene rings is 2. The fraction of sp³-hybridized carbons (Fsp3) is 0.370. The van der Waals surface area contributed by atoms with Crippen LogP contribution < -0.4 is 25.6 Å². The van der Waals surface area contributed by atoms with Gasteiger partial charge in [0.05, 0.1) is 18.1 Å². The van der Waals surface area contributed by atoms with Crippen LogP contribution in [-0.2, 0) is 0 Å². The molecule has 0 aliphatic carbocycles. The van der Waals surface area contributed by atoms with Gasteiger partial charge in [-0.2, -0.15) is 0 Å². The van der Waals surface area contributed by atoms with Crippen molar-refractivity contribution in [1.29, 1.82) is 0 Å². The van der Waals surface area contributed by atoms with Crippen molar-refractivity contribution in [1.82, 2.24) is 15.4 Å². The molecule has 3 aromatic rings. The van der Waals surface area contributed by atoms with Crippen molar-refractivity contribution in [3.8, 4) is 5.75 Å². The second-order valence-corrected chi connectivity index (χ2v) is 9.83. The molecule has 1 aromatic heterocycles. The van der Waals surface area contributed by atoms with E-state index in [1.807, 2.05) is 12.1 Å². The number of anilines is 1. The summed E-state index contributed by atoms with van der Waals surface area (Å²) in [5, 5.41) is 9.21. The SMILES string of the molecule is CC(C)c1cccc(O[C@H]2CNC[C@@H]2CN(CN2C=c3cnoc3=CC2)c2ccc(Cl)cc2)c1. The molecular weight excluding hydrogens is 448 g/mol. The highest BCUT2D eigenvalue weighted by Gasteiger charge is 2.31. The monoisotopic (exact) mass is 478 g/mol. The molecule has 0 radical (unpaired) electrons. The Balaban J connectivity index is 1.34. The van der Waals surface area contributed by atoms with Gasteiger partial charge in [-0.15, -0.1) is 0 Å². The quantitative estimate of drug-likeness (QED) is 0.535. The zero-order valence-corrected chi connectivity index (χ0v) is 20.4. The number of nitrogens with one attached hydrogen (secondary N) is 1. The van der Waals surface area contributed by atoms with E-state index in [1.54, 1.807) is 6.20 Å². The highest BCUT2D eigenvalue weighted by Crippen LogP contribution is 2.26. The number of hydrogen-bond acceptors (Lipinski definition) is 6. The van der Waals surface area contributed by atoms with Crippen molar-refractivity contribution < 1.29 is 9.26 Å². The van der Waals surface area contributed by atoms with Crippen molar-refractivity contribution >= 4 is 29.6 Å². The lowest BCUT2D eigenvalue weighted by molar-refractivity contribution is 0.174. The molecule has 2 aliphatic heterocycles. The normalized spacial score (nSPS) is 19.5. The average molecular weight is 479 g/mol. The van der Waals surface area contributed by atoms with Gasteiger partial charge in [-0.05, 0) is 54.0 Å². The predicted molar refractivity (Wildman–Crippen MR) is 136 cm³/mol. The minimum absolute atomic E-state index is 0.110. The average Bonchev–Trinajstić information content (AvgIpc) is 3.48. The molecule has 1 N–H and O–H groups in total. The maximum Gasteiger partial charge on any atom is 0.166 e. The zero-order valence-electron chi connectivity index (χ0n) is 19.7. The first kappa shape index (κ1) is 22.8. The molecule has 0 bridgehead atoms. The summed E-state index contributed by atoms with van der Waals surface area (Å²) in [5.74, 6) is 1.77. The van der Waals surface area contributed by atoms with E-state index in [1.165, 1.54) is 5.56 Å². The topological polar surface area (TPSA) is 53.8 Å². The highest BCUT2D eigenvalue weighted by molar-refractivity contribution is 6.30. The maximum absolute atomic E-state index is 6.50. The van der Waals surface area contributed by atoms with E-state index < -0.39 is 0 Å². The summed E-state index contributed by atoms with van der Waals surface area (Å²) in [7, 11) is 0. The van der Waals surface area contributed by atoms with Crippen LogP contribution in [0.15, 0.2) is 59.3 Å². The van der Waals surface area contributed by atoms with Gasteiger partial charge in [-0.3, -0.25) is 0 Å². The number of fused-ring (bicyclic) bond motifs is 1. The molecule has 0 unspecified atom stereocenters. The summed E-state index contributed by atoms with van der Waals surface area (Å²) in [5.41, 5.74) is 3.28. The number of aromatic nitrogens is 1. The predicted octanol–water partition coefficient (Wildman–Crippen LogP) is 3.42. The summed E-state index contributed by atoms with van der Waals surface area (Å²) < 4.78 is 11.8. The Morgan fingerprint density at radius 1 is 1.21 bits per heavy atom. The number of ether oxygens (including phenoxy) is 1. The second kappa shape index (κ2) is 10.1. The van der Waals surface area contributed by atoms with E-state index >= 15 is 0 Å². The van der Waals surface area contributed by atoms with Crippen LogP contribution in [0.1, 0.15) is 25.3 Å². The van der Waals surface area contributed by atoms with Gasteiger partial charge in [0.25, 0.3) is 0 Å². The van der Waals surface area contributed by atoms with Crippen LogP contribution in [0.5, 0.6) is 5.75 Å². The number of hydrogen-bond donors (Lipinski definition) is 1. The van der Waals surface area contributed by atoms with Gasteiger partial charge in [0.1, 0.15) is 11.9 Å². The molecule has 3 heterocycles. The van der Waals surface area contributed by atoms with Crippen LogP contribution in [0.25, 0.3) is 12.3 Å². The largest absolute Gasteiger partial charge is 0.489 e. The van der Waals surface area contributed by atoms with Gasteiger partial charge in [0.15, 0.2) is 5.42 Å². The van der Waals surface area contributed by atoms with Crippen molar-refractivity contribution in [2.45, 2.75) is 25.9 Å². The van der Waals surface area contributed by atoms with Gasteiger partial charge < -0.3 is 24.4 Å². The molecule has 34 heavy (non-hydrogen) atoms. The summed E-state index contributed by atoms with van der Waals surface area (Å²) >= 11 is 6.18. The number of nitrogens with zero attached hydrogens (tertiary/aromatic N) is 3. The first-order valence-electron chi connectivity index (χ1n) is 11.9. The molecule has 1 saturated heterocycles. The Morgan fingerprint density at radius 3 is 2.88 bits per heavy atom. The lowest BCUT2D eigenvalue weighted by Crippen LogP contribution is -2.44. The smallest absolute Gasteiger partial charge is 0.166 e. The molecule has 0 amide bonds. The highest BCUT2D eigenvalue weighted by atomic mass is 35.5. The second-order valence-electron chi connectivity index (χ2n) is 9.39. The zero-order chi connectivity index (χ0) is 23.5. The summed E-state index contributed by atoms with van der Waals surface area (Å²) in [6, 6.07) is 16.6. The summed E-state index contributed by atoms with van der Waals surface area (Å²) in [6.45, 7) is 8.57. The molecule has 6 nitrogen and oxygen atoms in total. The molecular formula is C27H31ClN4O2. The van der Waals surface area contributed by atoms with Crippen LogP contribution in [0, 0.1) is 5.92 Å². The molecule has 7 heteroatoms. The van der Waals surface area contributed by atoms with Crippen molar-refractivity contribution in [2.75, 3.05) is 37.7 Å². The fourth-order valence-electron chi connectivity index (χ4n) is 4.61. The molecule has 0 saturated carbocycles. The number of halogens is 1. The van der Waals surface area contributed by atoms with E-state index in [2.05, 4.69) is 82.8 Å². The van der Waals surface area contributed by atoms with E-state index in [-0.39, 0.29) is 6.10 Å². The van der Waals surface area contributed by atoms with Gasteiger partial charge in [-0.1, -0.05) is 42.7 Å². The summed E-state index contributed by atoms with van der Waals surface area (Å²) in [4.78, 5) is 4.68. The Hall–Kier alpha value is -2.96. The third-order valence-corrected chi connectivity index (χ3v) is 6.80. The van der Waals surface area contributed by atoms with Gasteiger partial charge in [-0.25, -0.2) is 0 Å². The molecule has 1 fully saturated rings. The van der Waals surface area contributed by atoms with Crippen LogP contribution in [-0.4, -0.2) is 49.0 Å². The minimum Gasteiger partial charge on any atom is -0.489 e. The first-order chi connectivity index (χ1) is 16.5. The van der Waals surface area contributed by atoms with Crippen LogP contribution >= 0.6 is 11.6 Å². The minimum atomic E-state index is 0.110. The number of rotatable bonds is 8. The van der Waals surface area contributed by atoms with Crippen LogP contribution in [0.2, 0.25) is 5.02 Å². The van der Waals surface area contributed by atoms with Crippen LogP contribution in [0.3, 0.4) is 0 Å². The standard InChI is InChI=1S/C27H31ClN4O2/c1-19(2)20-4-3-5-25(12-20)33-27-15-29-13-21(27)17-32(24-8-6-23(28)7-9-24)18-31-11-10-26-22(16-31)14-30-34-26/h3-10,12,14,16,19,21,27,29H,11,13,15,17-18H2,1-2H3/t21-,27+/m1/s1. The molecule has 5 rings (SSSR count). The molecule has 178 valence electrons. The van der Waals surface area contributed by atoms with E-state index in [4.69, 9.17) is 20.9 Å². The molecule has 0 spiro atoms. The Bertz CT molecular complexity index is 1220. The summed E-state index contributed by atoms with van der Waals surface area (Å²) in [6.07, 6.45) is 6.07. The van der Waals surface area contributed by atoms with E-state index in [9.17, 15) is 0 Å². The Kier molecular flexibility index (Phi) is 6.79. The lowest BCUT2D eigenvalue weighted by atomic mass is 10.0. The van der Waals surface area contributed by atoms with Crippen molar-refractivity contribution in [2.24, 2.45) is 5.92 Å². The van der Waals surface area contributed by atoms with Crippen molar-refractivity contribution in [3.63, 3.8) is 0 Å². The Morgan fingerprint density at radius 2 is 2.06 bits per heavy atom. The van der Waals surface area contributed by atoms with Gasteiger partial charge in [0, 0.05) is 49.0 Å². The Labute approximate surface area is 205 Å². The van der Waals surface area contributed by atoms with Crippen LogP contribution in [0.4, 0.5) is 5.69 Å². The fourth-order valence-corrected chi connectivity index (χ4v) is 4.73. The molecule has 2 aromatic carbocycles. The maximum atomic E-state index is 6.50. The molecule has 2 atom stereocenters. The van der Waals surface area contributed by atoms with Gasteiger partial charge in [0.2, 0.25) is 0 Å². The van der Waals surface area contributed by atoms with E-state index in [0.29, 0.717) is 11.8 Å². The van der Waals surface area contributed by atoms with Crippen molar-refractivity contribution in [3.05, 3.63) is 75.9 Å². The molecule has 2 aliphatic rings. The third kappa shape index (κ3) is 5.24. The van der Waals surface area contributed by atoms with E-state index in [0.717, 1.165) is 59.9 Å². The lowest BCUT2D eigenvalue weighted by Gasteiger charge is -2.34. The third-order valence-electron chi connectivity index (χ3n) is 6.55.